The van der Waals surface area contributed by atoms with Crippen molar-refractivity contribution in [1.29, 1.82) is 0 Å². The van der Waals surface area contributed by atoms with Crippen LogP contribution in [0.15, 0.2) is 18.2 Å². The van der Waals surface area contributed by atoms with Gasteiger partial charge in [-0.25, -0.2) is 0 Å². The number of pyridine rings is 1. The highest BCUT2D eigenvalue weighted by Crippen LogP contribution is 2.16. The predicted octanol–water partition coefficient (Wildman–Crippen LogP) is 4.64. The highest BCUT2D eigenvalue weighted by Gasteiger charge is 2.10. The minimum absolute atomic E-state index is 0.0196. The van der Waals surface area contributed by atoms with Crippen LogP contribution in [0.1, 0.15) is 59.8 Å². The lowest BCUT2D eigenvalue weighted by molar-refractivity contribution is 0.293. The molecule has 0 bridgehead atoms. The molecular weight excluding hydrogens is 236 g/mol. The second-order valence-electron chi connectivity index (χ2n) is 6.00. The van der Waals surface area contributed by atoms with Crippen LogP contribution in [-0.2, 0) is 0 Å². The zero-order valence-electron chi connectivity index (χ0n) is 12.8. The molecule has 19 heavy (non-hydrogen) atoms. The molecule has 1 aromatic rings. The van der Waals surface area contributed by atoms with Gasteiger partial charge in [-0.15, -0.1) is 0 Å². The van der Waals surface area contributed by atoms with Gasteiger partial charge in [-0.05, 0) is 33.3 Å². The van der Waals surface area contributed by atoms with E-state index in [1.54, 1.807) is 0 Å². The Labute approximate surface area is 117 Å². The lowest BCUT2D eigenvalue weighted by Crippen LogP contribution is -2.26. The molecule has 3 nitrogen and oxygen atoms in total. The molecule has 0 saturated heterocycles. The summed E-state index contributed by atoms with van der Waals surface area (Å²) in [6.07, 6.45) is 6.26. The van der Waals surface area contributed by atoms with Crippen molar-refractivity contribution in [3.05, 3.63) is 18.2 Å². The molecule has 1 N–H and O–H groups in total. The third-order valence-electron chi connectivity index (χ3n) is 2.72. The summed E-state index contributed by atoms with van der Waals surface area (Å²) in [5, 5.41) is 3.35. The van der Waals surface area contributed by atoms with E-state index in [0.29, 0.717) is 5.88 Å². The normalized spacial score (nSPS) is 11.4. The number of hydrogen-bond acceptors (Lipinski definition) is 3. The second kappa shape index (κ2) is 8.03. The molecule has 108 valence electrons. The van der Waals surface area contributed by atoms with Crippen LogP contribution in [0.4, 0.5) is 5.82 Å². The van der Waals surface area contributed by atoms with Crippen LogP contribution in [0.2, 0.25) is 0 Å². The van der Waals surface area contributed by atoms with Gasteiger partial charge in [-0.1, -0.05) is 38.7 Å². The lowest BCUT2D eigenvalue weighted by atomic mass is 10.1. The number of unbranched alkanes of at least 4 members (excludes halogenated alkanes) is 4. The summed E-state index contributed by atoms with van der Waals surface area (Å²) in [5.74, 6) is 1.58. The van der Waals surface area contributed by atoms with E-state index in [4.69, 9.17) is 4.74 Å². The Balaban J connectivity index is 2.32. The Kier molecular flexibility index (Phi) is 6.68. The SMILES string of the molecule is CCCCCCCOc1cccc(NC(C)(C)C)n1. The minimum atomic E-state index is 0.0196. The Bertz CT molecular complexity index is 358. The van der Waals surface area contributed by atoms with E-state index in [0.717, 1.165) is 18.8 Å². The Morgan fingerprint density at radius 1 is 1.11 bits per heavy atom. The Hall–Kier alpha value is -1.25. The first-order valence-electron chi connectivity index (χ1n) is 7.39. The molecule has 1 aromatic heterocycles. The van der Waals surface area contributed by atoms with Crippen molar-refractivity contribution in [2.45, 2.75) is 65.3 Å². The molecule has 1 rings (SSSR count). The van der Waals surface area contributed by atoms with Crippen LogP contribution in [0.3, 0.4) is 0 Å². The van der Waals surface area contributed by atoms with Crippen molar-refractivity contribution in [3.63, 3.8) is 0 Å². The summed E-state index contributed by atoms with van der Waals surface area (Å²) in [6, 6.07) is 5.87. The minimum Gasteiger partial charge on any atom is -0.478 e. The van der Waals surface area contributed by atoms with Crippen LogP contribution in [0.5, 0.6) is 5.88 Å². The Morgan fingerprint density at radius 2 is 1.84 bits per heavy atom. The molecule has 0 aliphatic heterocycles. The molecule has 3 heteroatoms. The van der Waals surface area contributed by atoms with Gasteiger partial charge in [0, 0.05) is 11.6 Å². The van der Waals surface area contributed by atoms with Gasteiger partial charge in [-0.2, -0.15) is 4.98 Å². The third kappa shape index (κ3) is 7.70. The van der Waals surface area contributed by atoms with Gasteiger partial charge < -0.3 is 10.1 Å². The number of anilines is 1. The number of ether oxygens (including phenoxy) is 1. The predicted molar refractivity (Wildman–Crippen MR) is 81.9 cm³/mol. The summed E-state index contributed by atoms with van der Waals surface area (Å²) < 4.78 is 5.69. The van der Waals surface area contributed by atoms with Crippen LogP contribution in [-0.4, -0.2) is 17.1 Å². The highest BCUT2D eigenvalue weighted by atomic mass is 16.5. The van der Waals surface area contributed by atoms with Gasteiger partial charge in [0.1, 0.15) is 5.82 Å². The maximum absolute atomic E-state index is 5.69. The molecule has 0 radical (unpaired) electrons. The van der Waals surface area contributed by atoms with Crippen molar-refractivity contribution in [3.8, 4) is 5.88 Å². The van der Waals surface area contributed by atoms with Crippen LogP contribution in [0, 0.1) is 0 Å². The molecule has 0 aliphatic carbocycles. The zero-order valence-corrected chi connectivity index (χ0v) is 12.8. The van der Waals surface area contributed by atoms with Crippen molar-refractivity contribution in [2.24, 2.45) is 0 Å². The standard InChI is InChI=1S/C16H28N2O/c1-5-6-7-8-9-13-19-15-12-10-11-14(17-15)18-16(2,3)4/h10-12H,5-9,13H2,1-4H3,(H,17,18). The van der Waals surface area contributed by atoms with Gasteiger partial charge in [-0.3, -0.25) is 0 Å². The van der Waals surface area contributed by atoms with Crippen molar-refractivity contribution in [2.75, 3.05) is 11.9 Å². The summed E-state index contributed by atoms with van der Waals surface area (Å²) in [4.78, 5) is 4.46. The van der Waals surface area contributed by atoms with Gasteiger partial charge in [0.05, 0.1) is 6.61 Å². The van der Waals surface area contributed by atoms with E-state index >= 15 is 0 Å². The molecule has 0 atom stereocenters. The average Bonchev–Trinajstić information content (AvgIpc) is 2.32. The molecule has 0 fully saturated rings. The van der Waals surface area contributed by atoms with Crippen molar-refractivity contribution < 1.29 is 4.74 Å². The summed E-state index contributed by atoms with van der Waals surface area (Å²) in [7, 11) is 0. The van der Waals surface area contributed by atoms with E-state index in [-0.39, 0.29) is 5.54 Å². The van der Waals surface area contributed by atoms with E-state index in [9.17, 15) is 0 Å². The average molecular weight is 264 g/mol. The first-order chi connectivity index (χ1) is 9.01. The number of hydrogen-bond donors (Lipinski definition) is 1. The molecule has 0 unspecified atom stereocenters. The van der Waals surface area contributed by atoms with Gasteiger partial charge >= 0.3 is 0 Å². The second-order valence-corrected chi connectivity index (χ2v) is 6.00. The van der Waals surface area contributed by atoms with Crippen molar-refractivity contribution >= 4 is 5.82 Å². The fourth-order valence-electron chi connectivity index (χ4n) is 1.83. The fraction of sp³-hybridized carbons (Fsp3) is 0.688. The largest absolute Gasteiger partial charge is 0.478 e. The van der Waals surface area contributed by atoms with Gasteiger partial charge in [0.15, 0.2) is 0 Å². The van der Waals surface area contributed by atoms with E-state index in [1.807, 2.05) is 18.2 Å². The Morgan fingerprint density at radius 3 is 2.53 bits per heavy atom. The summed E-state index contributed by atoms with van der Waals surface area (Å²) in [5.41, 5.74) is 0.0196. The van der Waals surface area contributed by atoms with Gasteiger partial charge in [0.2, 0.25) is 5.88 Å². The van der Waals surface area contributed by atoms with Gasteiger partial charge in [0.25, 0.3) is 0 Å². The van der Waals surface area contributed by atoms with Crippen LogP contribution in [0.25, 0.3) is 0 Å². The third-order valence-corrected chi connectivity index (χ3v) is 2.72. The summed E-state index contributed by atoms with van der Waals surface area (Å²) in [6.45, 7) is 9.35. The quantitative estimate of drug-likeness (QED) is 0.694. The van der Waals surface area contributed by atoms with E-state index in [2.05, 4.69) is 38.0 Å². The molecular formula is C16H28N2O. The molecule has 0 aliphatic rings. The number of aromatic nitrogens is 1. The first kappa shape index (κ1) is 15.8. The fourth-order valence-corrected chi connectivity index (χ4v) is 1.83. The number of nitrogens with zero attached hydrogens (tertiary/aromatic N) is 1. The van der Waals surface area contributed by atoms with Crippen LogP contribution >= 0.6 is 0 Å². The smallest absolute Gasteiger partial charge is 0.215 e. The molecule has 0 aromatic carbocycles. The lowest BCUT2D eigenvalue weighted by Gasteiger charge is -2.21. The van der Waals surface area contributed by atoms with Crippen molar-refractivity contribution in [1.82, 2.24) is 4.98 Å². The topological polar surface area (TPSA) is 34.1 Å². The zero-order chi connectivity index (χ0) is 14.1. The molecule has 0 amide bonds. The maximum Gasteiger partial charge on any atom is 0.215 e. The number of rotatable bonds is 8. The monoisotopic (exact) mass is 264 g/mol. The number of nitrogens with one attached hydrogen (secondary N) is 1. The maximum atomic E-state index is 5.69. The van der Waals surface area contributed by atoms with E-state index < -0.39 is 0 Å². The molecule has 0 spiro atoms. The molecule has 1 heterocycles. The first-order valence-corrected chi connectivity index (χ1v) is 7.39. The van der Waals surface area contributed by atoms with Crippen LogP contribution < -0.4 is 10.1 Å². The highest BCUT2D eigenvalue weighted by molar-refractivity contribution is 5.39. The molecule has 0 saturated carbocycles. The van der Waals surface area contributed by atoms with E-state index in [1.165, 1.54) is 25.7 Å². The summed E-state index contributed by atoms with van der Waals surface area (Å²) >= 11 is 0.